The summed E-state index contributed by atoms with van der Waals surface area (Å²) in [6, 6.07) is 8.01. The summed E-state index contributed by atoms with van der Waals surface area (Å²) in [5.74, 6) is -4.69. The van der Waals surface area contributed by atoms with Crippen molar-refractivity contribution >= 4 is 23.7 Å². The molecule has 3 N–H and O–H groups in total. The van der Waals surface area contributed by atoms with E-state index in [0.29, 0.717) is 0 Å². The maximum Gasteiger partial charge on any atom is 0.338 e. The van der Waals surface area contributed by atoms with Gasteiger partial charge in [-0.05, 0) is 42.5 Å². The molecule has 1 aromatic carbocycles. The van der Waals surface area contributed by atoms with Gasteiger partial charge in [-0.3, -0.25) is 14.4 Å². The molecule has 0 spiro atoms. The minimum absolute atomic E-state index is 0.106. The maximum atomic E-state index is 15.0. The van der Waals surface area contributed by atoms with Gasteiger partial charge in [-0.25, -0.2) is 4.79 Å². The zero-order valence-corrected chi connectivity index (χ0v) is 25.5. The van der Waals surface area contributed by atoms with Gasteiger partial charge in [0.25, 0.3) is 0 Å². The lowest BCUT2D eigenvalue weighted by atomic mass is 9.43. The largest absolute Gasteiger partial charge is 0.455 e. The average molecular weight is 601 g/mol. The molecule has 11 heteroatoms. The molecule has 1 saturated heterocycles. The van der Waals surface area contributed by atoms with Crippen molar-refractivity contribution in [3.63, 3.8) is 0 Å². The van der Waals surface area contributed by atoms with E-state index in [9.17, 15) is 34.5 Å². The Morgan fingerprint density at radius 2 is 1.63 bits per heavy atom. The second-order valence-corrected chi connectivity index (χ2v) is 13.2. The highest BCUT2D eigenvalue weighted by Gasteiger charge is 2.79. The summed E-state index contributed by atoms with van der Waals surface area (Å²) in [6.07, 6.45) is -7.39. The number of ether oxygens (including phenoxy) is 4. The van der Waals surface area contributed by atoms with Crippen LogP contribution in [-0.4, -0.2) is 87.3 Å². The van der Waals surface area contributed by atoms with Crippen LogP contribution in [-0.2, 0) is 33.3 Å². The smallest absolute Gasteiger partial charge is 0.338 e. The number of benzene rings is 1. The molecule has 1 aliphatic heterocycles. The number of aliphatic hydroxyl groups excluding tert-OH is 2. The molecule has 5 rings (SSSR count). The average Bonchev–Trinajstić information content (AvgIpc) is 2.93. The van der Waals surface area contributed by atoms with Gasteiger partial charge in [-0.15, -0.1) is 0 Å². The van der Waals surface area contributed by atoms with Crippen molar-refractivity contribution in [1.29, 1.82) is 0 Å². The molecular formula is C32H40O11. The van der Waals surface area contributed by atoms with E-state index in [1.54, 1.807) is 32.0 Å². The fourth-order valence-corrected chi connectivity index (χ4v) is 8.33. The Morgan fingerprint density at radius 3 is 2.16 bits per heavy atom. The van der Waals surface area contributed by atoms with Crippen LogP contribution in [0.4, 0.5) is 0 Å². The number of fused-ring (bicyclic) bond motifs is 5. The lowest BCUT2D eigenvalue weighted by Crippen LogP contribution is -2.82. The van der Waals surface area contributed by atoms with Crippen molar-refractivity contribution < 1.29 is 53.4 Å². The summed E-state index contributed by atoms with van der Waals surface area (Å²) in [4.78, 5) is 53.9. The van der Waals surface area contributed by atoms with Crippen molar-refractivity contribution in [2.75, 3.05) is 6.61 Å². The van der Waals surface area contributed by atoms with Crippen LogP contribution in [0.2, 0.25) is 0 Å². The fourth-order valence-electron chi connectivity index (χ4n) is 8.33. The zero-order chi connectivity index (χ0) is 31.9. The highest BCUT2D eigenvalue weighted by atomic mass is 16.6. The number of ketones is 1. The molecule has 2 saturated carbocycles. The van der Waals surface area contributed by atoms with E-state index in [2.05, 4.69) is 0 Å². The third kappa shape index (κ3) is 4.15. The number of rotatable bonds is 4. The standard InChI is InChI=1S/C32H40O11/c1-15-13-20-31(14-40-20,43-18(4)34)24-27(42-28(38)19-11-9-8-10-12-19)32(39)25(36)22(35)16(2)21(29(32,5)6)23(41-17(3)33)26(37)30(15,24)7/h8-12,15,20,22-25,27,35-36,39H,13-14H2,1-7H3/t15-,20+,22+,23+,24-,25-,27-,30+,31-,32+/m0/s1. The van der Waals surface area contributed by atoms with E-state index < -0.39 is 88.1 Å². The summed E-state index contributed by atoms with van der Waals surface area (Å²) >= 11 is 0. The molecule has 43 heavy (non-hydrogen) atoms. The first kappa shape index (κ1) is 31.3. The second kappa shape index (κ2) is 10.2. The Hall–Kier alpha value is -3.12. The molecule has 0 radical (unpaired) electrons. The Morgan fingerprint density at radius 1 is 1.00 bits per heavy atom. The summed E-state index contributed by atoms with van der Waals surface area (Å²) in [6.45, 7) is 10.2. The van der Waals surface area contributed by atoms with Crippen molar-refractivity contribution in [3.8, 4) is 0 Å². The molecule has 10 atom stereocenters. The number of carbonyl (C=O) groups is 4. The van der Waals surface area contributed by atoms with Gasteiger partial charge in [0, 0.05) is 24.7 Å². The highest BCUT2D eigenvalue weighted by molar-refractivity contribution is 5.95. The first-order valence-corrected chi connectivity index (χ1v) is 14.5. The predicted octanol–water partition coefficient (Wildman–Crippen LogP) is 1.90. The molecule has 3 aliphatic carbocycles. The third-order valence-electron chi connectivity index (χ3n) is 10.7. The van der Waals surface area contributed by atoms with E-state index in [0.717, 1.165) is 6.92 Å². The van der Waals surface area contributed by atoms with Crippen molar-refractivity contribution in [3.05, 3.63) is 47.0 Å². The van der Waals surface area contributed by atoms with Gasteiger partial charge in [0.15, 0.2) is 17.5 Å². The monoisotopic (exact) mass is 600 g/mol. The Kier molecular flexibility index (Phi) is 7.44. The Labute approximate surface area is 250 Å². The van der Waals surface area contributed by atoms with Gasteiger partial charge in [0.1, 0.15) is 30.0 Å². The molecule has 0 aromatic heterocycles. The van der Waals surface area contributed by atoms with E-state index in [4.69, 9.17) is 18.9 Å². The topological polar surface area (TPSA) is 166 Å². The quantitative estimate of drug-likeness (QED) is 0.262. The van der Waals surface area contributed by atoms with Crippen LogP contribution < -0.4 is 0 Å². The molecule has 0 unspecified atom stereocenters. The molecule has 3 fully saturated rings. The van der Waals surface area contributed by atoms with Crippen LogP contribution in [0, 0.1) is 22.7 Å². The Bertz CT molecular complexity index is 1380. The van der Waals surface area contributed by atoms with Gasteiger partial charge in [0.2, 0.25) is 0 Å². The molecule has 234 valence electrons. The molecule has 1 heterocycles. The van der Waals surface area contributed by atoms with E-state index in [1.165, 1.54) is 39.8 Å². The van der Waals surface area contributed by atoms with Gasteiger partial charge < -0.3 is 34.3 Å². The van der Waals surface area contributed by atoms with Crippen LogP contribution in [0.1, 0.15) is 65.2 Å². The van der Waals surface area contributed by atoms with Gasteiger partial charge in [-0.1, -0.05) is 45.9 Å². The number of hydrogen-bond donors (Lipinski definition) is 3. The minimum atomic E-state index is -2.49. The van der Waals surface area contributed by atoms with Crippen LogP contribution in [0.3, 0.4) is 0 Å². The first-order valence-electron chi connectivity index (χ1n) is 14.5. The summed E-state index contributed by atoms with van der Waals surface area (Å²) < 4.78 is 23.8. The van der Waals surface area contributed by atoms with E-state index in [-0.39, 0.29) is 29.7 Å². The third-order valence-corrected chi connectivity index (χ3v) is 10.7. The fraction of sp³-hybridized carbons (Fsp3) is 0.625. The van der Waals surface area contributed by atoms with E-state index >= 15 is 0 Å². The van der Waals surface area contributed by atoms with Crippen LogP contribution in [0.25, 0.3) is 0 Å². The molecular weight excluding hydrogens is 560 g/mol. The normalized spacial score (nSPS) is 41.4. The minimum Gasteiger partial charge on any atom is -0.455 e. The highest BCUT2D eigenvalue weighted by Crippen LogP contribution is 2.65. The summed E-state index contributed by atoms with van der Waals surface area (Å²) in [5, 5.41) is 36.1. The molecule has 11 nitrogen and oxygen atoms in total. The van der Waals surface area contributed by atoms with Crippen molar-refractivity contribution in [2.45, 2.75) is 96.6 Å². The SMILES string of the molecule is CC(=O)O[C@H]1C(=O)[C@@]2(C)[C@H]([C@H](OC(=O)c3ccccc3)[C@]3(O)[C@@H](O)[C@H](O)C(C)=C1C3(C)C)[C@]1(OC(C)=O)CO[C@@H]1C[C@@H]2C. The second-order valence-electron chi connectivity index (χ2n) is 13.2. The van der Waals surface area contributed by atoms with Crippen LogP contribution in [0.5, 0.6) is 0 Å². The maximum absolute atomic E-state index is 15.0. The lowest BCUT2D eigenvalue weighted by molar-refractivity contribution is -0.347. The van der Waals surface area contributed by atoms with Crippen molar-refractivity contribution in [1.82, 2.24) is 0 Å². The zero-order valence-electron chi connectivity index (χ0n) is 25.5. The molecule has 4 aliphatic rings. The van der Waals surface area contributed by atoms with Crippen molar-refractivity contribution in [2.24, 2.45) is 22.7 Å². The lowest BCUT2D eigenvalue weighted by Gasteiger charge is -2.68. The summed E-state index contributed by atoms with van der Waals surface area (Å²) in [7, 11) is 0. The number of hydrogen-bond acceptors (Lipinski definition) is 11. The van der Waals surface area contributed by atoms with Gasteiger partial charge >= 0.3 is 17.9 Å². The van der Waals surface area contributed by atoms with Crippen LogP contribution in [0.15, 0.2) is 41.5 Å². The summed E-state index contributed by atoms with van der Waals surface area (Å²) in [5.41, 5.74) is -6.84. The predicted molar refractivity (Wildman–Crippen MR) is 149 cm³/mol. The number of carbonyl (C=O) groups excluding carboxylic acids is 4. The van der Waals surface area contributed by atoms with Gasteiger partial charge in [-0.2, -0.15) is 0 Å². The first-order chi connectivity index (χ1) is 20.0. The van der Waals surface area contributed by atoms with Gasteiger partial charge in [0.05, 0.1) is 18.1 Å². The number of esters is 3. The number of aliphatic hydroxyl groups is 3. The van der Waals surface area contributed by atoms with Crippen LogP contribution >= 0.6 is 0 Å². The number of Topliss-reactive ketones (excluding diaryl/α,β-unsaturated/α-hetero) is 1. The molecule has 2 bridgehead atoms. The Balaban J connectivity index is 1.87. The molecule has 1 aromatic rings. The van der Waals surface area contributed by atoms with E-state index in [1.807, 2.05) is 0 Å². The molecule has 0 amide bonds.